The van der Waals surface area contributed by atoms with Crippen molar-refractivity contribution in [2.24, 2.45) is 28.6 Å². The highest BCUT2D eigenvalue weighted by molar-refractivity contribution is 5.38. The van der Waals surface area contributed by atoms with Gasteiger partial charge in [0, 0.05) is 6.42 Å². The van der Waals surface area contributed by atoms with E-state index in [1.807, 2.05) is 19.9 Å². The minimum absolute atomic E-state index is 0.283. The summed E-state index contributed by atoms with van der Waals surface area (Å²) in [6.07, 6.45) is 16.0. The summed E-state index contributed by atoms with van der Waals surface area (Å²) in [7, 11) is 0. The smallest absolute Gasteiger partial charge is 0.117 e. The fourth-order valence-corrected chi connectivity index (χ4v) is 6.73. The Hall–Kier alpha value is -2.07. The molecule has 3 heteroatoms. The molecule has 0 amide bonds. The Morgan fingerprint density at radius 2 is 1.97 bits per heavy atom. The van der Waals surface area contributed by atoms with E-state index < -0.39 is 17.6 Å². The van der Waals surface area contributed by atoms with E-state index in [-0.39, 0.29) is 5.41 Å². The molecule has 3 rings (SSSR count). The molecule has 3 fully saturated rings. The number of hydrogen-bond donors (Lipinski definition) is 2. The normalized spacial score (nSPS) is 35.1. The molecule has 0 aliphatic heterocycles. The monoisotopic (exact) mass is 461 g/mol. The molecule has 0 aromatic rings. The summed E-state index contributed by atoms with van der Waals surface area (Å²) >= 11 is 0. The Morgan fingerprint density at radius 1 is 1.24 bits per heavy atom. The van der Waals surface area contributed by atoms with Crippen LogP contribution in [-0.2, 0) is 0 Å². The second kappa shape index (κ2) is 11.1. The summed E-state index contributed by atoms with van der Waals surface area (Å²) in [5.41, 5.74) is 3.03. The van der Waals surface area contributed by atoms with Crippen molar-refractivity contribution in [2.45, 2.75) is 97.7 Å². The summed E-state index contributed by atoms with van der Waals surface area (Å²) < 4.78 is 0. The van der Waals surface area contributed by atoms with Crippen molar-refractivity contribution < 1.29 is 10.2 Å². The van der Waals surface area contributed by atoms with Gasteiger partial charge in [0.25, 0.3) is 0 Å². The number of hydrogen-bond acceptors (Lipinski definition) is 3. The summed E-state index contributed by atoms with van der Waals surface area (Å²) in [5, 5.41) is 29.7. The summed E-state index contributed by atoms with van der Waals surface area (Å²) in [6, 6.07) is 2.40. The molecule has 0 aromatic heterocycles. The van der Waals surface area contributed by atoms with Crippen LogP contribution >= 0.6 is 0 Å². The van der Waals surface area contributed by atoms with E-state index in [4.69, 9.17) is 0 Å². The van der Waals surface area contributed by atoms with Crippen LogP contribution in [0.25, 0.3) is 0 Å². The van der Waals surface area contributed by atoms with E-state index in [0.29, 0.717) is 30.6 Å². The quantitative estimate of drug-likeness (QED) is 0.450. The third-order valence-corrected chi connectivity index (χ3v) is 9.15. The van der Waals surface area contributed by atoms with Crippen LogP contribution < -0.4 is 0 Å². The summed E-state index contributed by atoms with van der Waals surface area (Å²) in [5.74, 6) is 8.03. The second-order valence-corrected chi connectivity index (χ2v) is 11.1. The largest absolute Gasteiger partial charge is 0.393 e. The lowest BCUT2D eigenvalue weighted by molar-refractivity contribution is 0.0862. The number of nitrogens with zero attached hydrogens (tertiary/aromatic N) is 1. The van der Waals surface area contributed by atoms with Gasteiger partial charge in [-0.05, 0) is 91.8 Å². The minimum atomic E-state index is -0.635. The van der Waals surface area contributed by atoms with Gasteiger partial charge in [0.05, 0.1) is 18.3 Å². The summed E-state index contributed by atoms with van der Waals surface area (Å²) in [6.45, 7) is 12.9. The van der Waals surface area contributed by atoms with Gasteiger partial charge in [0.1, 0.15) is 5.41 Å². The fourth-order valence-electron chi connectivity index (χ4n) is 6.73. The molecule has 0 bridgehead atoms. The highest BCUT2D eigenvalue weighted by atomic mass is 16.3. The van der Waals surface area contributed by atoms with E-state index in [1.165, 1.54) is 31.3 Å². The molecule has 2 N–H and O–H groups in total. The number of allylic oxidation sites excluding steroid dienone is 5. The zero-order valence-electron chi connectivity index (χ0n) is 21.6. The number of aliphatic hydroxyl groups is 2. The predicted molar refractivity (Wildman–Crippen MR) is 139 cm³/mol. The highest BCUT2D eigenvalue weighted by Gasteiger charge is 2.50. The molecular weight excluding hydrogens is 418 g/mol. The lowest BCUT2D eigenvalue weighted by atomic mass is 9.61. The zero-order valence-corrected chi connectivity index (χ0v) is 21.6. The Labute approximate surface area is 207 Å². The van der Waals surface area contributed by atoms with E-state index in [0.717, 1.165) is 30.4 Å². The molecule has 3 aliphatic rings. The average molecular weight is 462 g/mol. The Bertz CT molecular complexity index is 948. The SMILES string of the molecule is C=C1/C(=C\C=C2/CCCC3(C)C2CCC3C(C)/C=C/C#CC(C#N)(CC)CC)CC(O)CC1O. The molecule has 34 heavy (non-hydrogen) atoms. The standard InChI is InChI=1S/C31H43NO2/c1-6-31(7-2,21-32)18-9-8-11-22(3)27-15-16-28-24(12-10-17-30(27,28)5)13-14-25-19-26(33)20-29(34)23(25)4/h8,11,13-14,22,26-29,33-34H,4,6-7,10,12,15-17,19-20H2,1-3,5H3/b11-8+,24-13+,25-14-. The van der Waals surface area contributed by atoms with Crippen molar-refractivity contribution in [3.8, 4) is 17.9 Å². The van der Waals surface area contributed by atoms with Gasteiger partial charge in [0.15, 0.2) is 0 Å². The number of nitriles is 1. The van der Waals surface area contributed by atoms with Crippen molar-refractivity contribution in [1.29, 1.82) is 5.26 Å². The first-order chi connectivity index (χ1) is 16.2. The molecule has 6 unspecified atom stereocenters. The molecule has 0 radical (unpaired) electrons. The van der Waals surface area contributed by atoms with Crippen LogP contribution in [0.15, 0.2) is 47.6 Å². The molecule has 6 atom stereocenters. The topological polar surface area (TPSA) is 64.2 Å². The van der Waals surface area contributed by atoms with Crippen LogP contribution in [0.5, 0.6) is 0 Å². The fraction of sp³-hybridized carbons (Fsp3) is 0.645. The first-order valence-electron chi connectivity index (χ1n) is 13.2. The van der Waals surface area contributed by atoms with Gasteiger partial charge >= 0.3 is 0 Å². The molecule has 3 aliphatic carbocycles. The average Bonchev–Trinajstić information content (AvgIpc) is 3.18. The van der Waals surface area contributed by atoms with E-state index in [1.54, 1.807) is 0 Å². The molecule has 0 aromatic carbocycles. The molecule has 184 valence electrons. The molecule has 0 heterocycles. The van der Waals surface area contributed by atoms with Crippen LogP contribution in [0.3, 0.4) is 0 Å². The van der Waals surface area contributed by atoms with E-state index in [2.05, 4.69) is 56.6 Å². The van der Waals surface area contributed by atoms with Crippen LogP contribution in [0.2, 0.25) is 0 Å². The van der Waals surface area contributed by atoms with Gasteiger partial charge in [-0.1, -0.05) is 69.9 Å². The van der Waals surface area contributed by atoms with Gasteiger partial charge in [0.2, 0.25) is 0 Å². The Morgan fingerprint density at radius 3 is 2.65 bits per heavy atom. The van der Waals surface area contributed by atoms with E-state index in [9.17, 15) is 15.5 Å². The van der Waals surface area contributed by atoms with Crippen molar-refractivity contribution in [3.63, 3.8) is 0 Å². The van der Waals surface area contributed by atoms with Crippen LogP contribution in [0.1, 0.15) is 85.5 Å². The molecular formula is C31H43NO2. The molecule has 0 spiro atoms. The van der Waals surface area contributed by atoms with Gasteiger partial charge in [-0.2, -0.15) is 5.26 Å². The van der Waals surface area contributed by atoms with Crippen molar-refractivity contribution in [2.75, 3.05) is 0 Å². The number of rotatable bonds is 5. The van der Waals surface area contributed by atoms with Crippen LogP contribution in [-0.4, -0.2) is 22.4 Å². The van der Waals surface area contributed by atoms with Gasteiger partial charge in [-0.3, -0.25) is 0 Å². The minimum Gasteiger partial charge on any atom is -0.393 e. The maximum Gasteiger partial charge on any atom is 0.117 e. The lowest BCUT2D eigenvalue weighted by Gasteiger charge is -2.44. The van der Waals surface area contributed by atoms with E-state index >= 15 is 0 Å². The molecule has 0 saturated heterocycles. The van der Waals surface area contributed by atoms with Crippen molar-refractivity contribution in [1.82, 2.24) is 0 Å². The second-order valence-electron chi connectivity index (χ2n) is 11.1. The summed E-state index contributed by atoms with van der Waals surface area (Å²) in [4.78, 5) is 0. The Balaban J connectivity index is 1.74. The maximum absolute atomic E-state index is 10.2. The number of fused-ring (bicyclic) bond motifs is 1. The van der Waals surface area contributed by atoms with Gasteiger partial charge in [-0.15, -0.1) is 0 Å². The van der Waals surface area contributed by atoms with Crippen molar-refractivity contribution in [3.05, 3.63) is 47.6 Å². The molecule has 3 saturated carbocycles. The highest BCUT2D eigenvalue weighted by Crippen LogP contribution is 2.59. The van der Waals surface area contributed by atoms with Crippen molar-refractivity contribution >= 4 is 0 Å². The van der Waals surface area contributed by atoms with Gasteiger partial charge in [-0.25, -0.2) is 0 Å². The molecule has 3 nitrogen and oxygen atoms in total. The zero-order chi connectivity index (χ0) is 24.9. The first-order valence-corrected chi connectivity index (χ1v) is 13.2. The number of aliphatic hydroxyl groups excluding tert-OH is 2. The first kappa shape index (κ1) is 26.5. The predicted octanol–water partition coefficient (Wildman–Crippen LogP) is 6.65. The van der Waals surface area contributed by atoms with Crippen LogP contribution in [0.4, 0.5) is 0 Å². The third kappa shape index (κ3) is 5.43. The third-order valence-electron chi connectivity index (χ3n) is 9.15. The maximum atomic E-state index is 10.2. The lowest BCUT2D eigenvalue weighted by Crippen LogP contribution is -2.35. The van der Waals surface area contributed by atoms with Crippen LogP contribution in [0, 0.1) is 51.8 Å². The Kier molecular flexibility index (Phi) is 8.67. The van der Waals surface area contributed by atoms with Gasteiger partial charge < -0.3 is 10.2 Å².